The van der Waals surface area contributed by atoms with E-state index in [9.17, 15) is 4.79 Å². The summed E-state index contributed by atoms with van der Waals surface area (Å²) in [6, 6.07) is 17.9. The van der Waals surface area contributed by atoms with Gasteiger partial charge < -0.3 is 10.2 Å². The Labute approximate surface area is 183 Å². The van der Waals surface area contributed by atoms with Crippen molar-refractivity contribution in [3.8, 4) is 5.69 Å². The zero-order valence-electron chi connectivity index (χ0n) is 15.9. The van der Waals surface area contributed by atoms with Crippen molar-refractivity contribution in [1.29, 1.82) is 0 Å². The molecule has 1 aliphatic rings. The van der Waals surface area contributed by atoms with Crippen LogP contribution in [-0.4, -0.2) is 34.5 Å². The molecular weight excluding hydrogens is 420 g/mol. The number of nitrogens with zero attached hydrogens (tertiary/aromatic N) is 3. The molecule has 2 heterocycles. The molecule has 3 aromatic rings. The Bertz CT molecular complexity index is 1010. The number of carbonyl (C=O) groups is 1. The molecule has 1 aliphatic heterocycles. The summed E-state index contributed by atoms with van der Waals surface area (Å²) in [5, 5.41) is 7.49. The second kappa shape index (κ2) is 9.56. The number of aromatic nitrogens is 2. The lowest BCUT2D eigenvalue weighted by atomic mass is 10.1. The number of amides is 1. The van der Waals surface area contributed by atoms with Gasteiger partial charge in [0.05, 0.1) is 11.4 Å². The molecule has 0 spiro atoms. The smallest absolute Gasteiger partial charge is 0.234 e. The number of piperidine rings is 1. The fourth-order valence-corrected chi connectivity index (χ4v) is 5.44. The van der Waals surface area contributed by atoms with Crippen LogP contribution in [0.15, 0.2) is 58.9 Å². The largest absolute Gasteiger partial charge is 0.372 e. The minimum atomic E-state index is -0.0481. The summed E-state index contributed by atoms with van der Waals surface area (Å²) in [4.78, 5) is 14.7. The third kappa shape index (κ3) is 5.26. The monoisotopic (exact) mass is 442 g/mol. The third-order valence-electron chi connectivity index (χ3n) is 4.73. The summed E-state index contributed by atoms with van der Waals surface area (Å²) >= 11 is 8.23. The minimum absolute atomic E-state index is 0.0481. The molecule has 0 saturated carbocycles. The molecule has 8 heteroatoms. The first-order valence-electron chi connectivity index (χ1n) is 9.62. The van der Waals surface area contributed by atoms with Gasteiger partial charge in [-0.05, 0) is 67.9 Å². The molecule has 1 aromatic heterocycles. The number of benzene rings is 2. The van der Waals surface area contributed by atoms with Crippen LogP contribution in [0.25, 0.3) is 5.69 Å². The van der Waals surface area contributed by atoms with Crippen molar-refractivity contribution in [1.82, 2.24) is 9.78 Å². The zero-order chi connectivity index (χ0) is 20.1. The van der Waals surface area contributed by atoms with Crippen molar-refractivity contribution in [2.75, 3.05) is 29.1 Å². The highest BCUT2D eigenvalue weighted by Gasteiger charge is 2.12. The van der Waals surface area contributed by atoms with Gasteiger partial charge in [0.25, 0.3) is 0 Å². The number of rotatable bonds is 6. The predicted molar refractivity (Wildman–Crippen MR) is 124 cm³/mol. The topological polar surface area (TPSA) is 50.2 Å². The number of nitrogens with one attached hydrogen (secondary N) is 1. The van der Waals surface area contributed by atoms with E-state index in [1.54, 1.807) is 4.68 Å². The fourth-order valence-electron chi connectivity index (χ4n) is 3.28. The highest BCUT2D eigenvalue weighted by molar-refractivity contribution is 8.01. The first-order chi connectivity index (χ1) is 14.2. The van der Waals surface area contributed by atoms with Gasteiger partial charge in [0.15, 0.2) is 8.29 Å². The Morgan fingerprint density at radius 2 is 1.76 bits per heavy atom. The fraction of sp³-hybridized carbons (Fsp3) is 0.286. The van der Waals surface area contributed by atoms with E-state index in [0.717, 1.165) is 28.8 Å². The lowest BCUT2D eigenvalue weighted by Gasteiger charge is -2.28. The van der Waals surface area contributed by atoms with E-state index in [-0.39, 0.29) is 5.91 Å². The van der Waals surface area contributed by atoms with Crippen LogP contribution in [0.4, 0.5) is 11.4 Å². The van der Waals surface area contributed by atoms with Crippen LogP contribution in [-0.2, 0) is 4.79 Å². The van der Waals surface area contributed by atoms with Crippen LogP contribution >= 0.6 is 35.3 Å². The summed E-state index contributed by atoms with van der Waals surface area (Å²) in [5.74, 6) is 0.249. The van der Waals surface area contributed by atoms with Crippen molar-refractivity contribution in [3.05, 3.63) is 58.6 Å². The Morgan fingerprint density at radius 3 is 2.48 bits per heavy atom. The lowest BCUT2D eigenvalue weighted by molar-refractivity contribution is -0.113. The van der Waals surface area contributed by atoms with Gasteiger partial charge in [-0.1, -0.05) is 41.3 Å². The normalized spacial score (nSPS) is 14.0. The molecule has 150 valence electrons. The van der Waals surface area contributed by atoms with E-state index in [2.05, 4.69) is 27.4 Å². The van der Waals surface area contributed by atoms with Crippen LogP contribution < -0.4 is 10.2 Å². The van der Waals surface area contributed by atoms with Crippen molar-refractivity contribution < 1.29 is 4.79 Å². The summed E-state index contributed by atoms with van der Waals surface area (Å²) < 4.78 is 3.20. The summed E-state index contributed by atoms with van der Waals surface area (Å²) in [5.41, 5.74) is 2.97. The van der Waals surface area contributed by atoms with Crippen molar-refractivity contribution in [2.45, 2.75) is 23.6 Å². The number of carbonyl (C=O) groups excluding carboxylic acids is 1. The first-order valence-corrected chi connectivity index (χ1v) is 11.8. The molecule has 2 aromatic carbocycles. The van der Waals surface area contributed by atoms with Gasteiger partial charge in [-0.3, -0.25) is 4.79 Å². The van der Waals surface area contributed by atoms with E-state index in [1.165, 1.54) is 48.0 Å². The Morgan fingerprint density at radius 1 is 1.03 bits per heavy atom. The molecule has 5 nitrogen and oxygen atoms in total. The number of anilines is 2. The predicted octanol–water partition coefficient (Wildman–Crippen LogP) is 5.38. The molecule has 1 fully saturated rings. The van der Waals surface area contributed by atoms with E-state index >= 15 is 0 Å². The number of hydrogen-bond acceptors (Lipinski definition) is 6. The van der Waals surface area contributed by atoms with E-state index < -0.39 is 0 Å². The molecule has 1 saturated heterocycles. The minimum Gasteiger partial charge on any atom is -0.372 e. The molecule has 0 atom stereocenters. The maximum atomic E-state index is 12.3. The molecule has 1 N–H and O–H groups in total. The van der Waals surface area contributed by atoms with Crippen LogP contribution in [0.3, 0.4) is 0 Å². The second-order valence-corrected chi connectivity index (χ2v) is 9.66. The van der Waals surface area contributed by atoms with Crippen molar-refractivity contribution in [3.63, 3.8) is 0 Å². The van der Waals surface area contributed by atoms with E-state index in [1.807, 2.05) is 42.5 Å². The number of thioether (sulfide) groups is 1. The van der Waals surface area contributed by atoms with Gasteiger partial charge in [0.2, 0.25) is 5.91 Å². The average molecular weight is 443 g/mol. The van der Waals surface area contributed by atoms with Crippen LogP contribution in [0.5, 0.6) is 0 Å². The van der Waals surface area contributed by atoms with Crippen molar-refractivity contribution in [2.24, 2.45) is 0 Å². The maximum Gasteiger partial charge on any atom is 0.234 e. The van der Waals surface area contributed by atoms with Crippen LogP contribution in [0.2, 0.25) is 0 Å². The number of hydrogen-bond donors (Lipinski definition) is 1. The summed E-state index contributed by atoms with van der Waals surface area (Å²) in [6.07, 6.45) is 3.82. The number of para-hydroxylation sites is 1. The van der Waals surface area contributed by atoms with Crippen LogP contribution in [0.1, 0.15) is 19.3 Å². The standard InChI is InChI=1S/C21H22N4OS3/c26-19(22-16-9-11-17(12-10-16)24-13-5-2-6-14-24)15-28-20-23-25(21(27)29-20)18-7-3-1-4-8-18/h1,3-4,7-12H,2,5-6,13-15H2,(H,22,26). The van der Waals surface area contributed by atoms with E-state index in [0.29, 0.717) is 9.71 Å². The van der Waals surface area contributed by atoms with Gasteiger partial charge in [-0.2, -0.15) is 0 Å². The second-order valence-electron chi connectivity index (χ2n) is 6.81. The molecule has 1 amide bonds. The van der Waals surface area contributed by atoms with Crippen LogP contribution in [0, 0.1) is 3.95 Å². The SMILES string of the molecule is O=C(CSc1nn(-c2ccccc2)c(=S)s1)Nc1ccc(N2CCCCC2)cc1. The highest BCUT2D eigenvalue weighted by atomic mass is 32.2. The third-order valence-corrected chi connectivity index (χ3v) is 7.09. The van der Waals surface area contributed by atoms with E-state index in [4.69, 9.17) is 12.2 Å². The molecule has 0 aliphatic carbocycles. The molecular formula is C21H22N4OS3. The molecule has 0 unspecified atom stereocenters. The molecule has 0 radical (unpaired) electrons. The molecule has 0 bridgehead atoms. The summed E-state index contributed by atoms with van der Waals surface area (Å²) in [7, 11) is 0. The van der Waals surface area contributed by atoms with Crippen molar-refractivity contribution >= 4 is 52.6 Å². The first kappa shape index (κ1) is 20.1. The van der Waals surface area contributed by atoms with Gasteiger partial charge in [0, 0.05) is 24.5 Å². The Hall–Kier alpha value is -2.16. The molecule has 29 heavy (non-hydrogen) atoms. The van der Waals surface area contributed by atoms with Gasteiger partial charge in [-0.15, -0.1) is 5.10 Å². The zero-order valence-corrected chi connectivity index (χ0v) is 18.4. The Balaban J connectivity index is 1.32. The van der Waals surface area contributed by atoms with Gasteiger partial charge in [0.1, 0.15) is 0 Å². The summed E-state index contributed by atoms with van der Waals surface area (Å²) in [6.45, 7) is 2.23. The quantitative estimate of drug-likeness (QED) is 0.410. The molecule has 4 rings (SSSR count). The Kier molecular flexibility index (Phi) is 6.63. The average Bonchev–Trinajstić information content (AvgIpc) is 3.15. The van der Waals surface area contributed by atoms with Gasteiger partial charge >= 0.3 is 0 Å². The lowest BCUT2D eigenvalue weighted by Crippen LogP contribution is -2.29. The maximum absolute atomic E-state index is 12.3. The highest BCUT2D eigenvalue weighted by Crippen LogP contribution is 2.25. The van der Waals surface area contributed by atoms with Gasteiger partial charge in [-0.25, -0.2) is 4.68 Å².